The zero-order valence-electron chi connectivity index (χ0n) is 17.2. The van der Waals surface area contributed by atoms with Crippen molar-refractivity contribution >= 4 is 44.8 Å². The normalized spacial score (nSPS) is 19.3. The number of amides is 2. The van der Waals surface area contributed by atoms with Crippen LogP contribution in [0.1, 0.15) is 30.0 Å². The van der Waals surface area contributed by atoms with E-state index in [-0.39, 0.29) is 22.8 Å². The predicted octanol–water partition coefficient (Wildman–Crippen LogP) is 4.02. The number of halogens is 1. The van der Waals surface area contributed by atoms with E-state index in [4.69, 9.17) is 4.42 Å². The van der Waals surface area contributed by atoms with Crippen LogP contribution in [0.25, 0.3) is 33.0 Å². The van der Waals surface area contributed by atoms with Gasteiger partial charge in [-0.3, -0.25) is 14.9 Å². The number of hydrogen-bond acceptors (Lipinski definition) is 4. The molecule has 7 heteroatoms. The second kappa shape index (κ2) is 7.17. The Morgan fingerprint density at radius 2 is 1.84 bits per heavy atom. The monoisotopic (exact) mass is 429 g/mol. The first-order valence-electron chi connectivity index (χ1n) is 10.7. The maximum Gasteiger partial charge on any atom is 0.259 e. The predicted molar refractivity (Wildman–Crippen MR) is 119 cm³/mol. The van der Waals surface area contributed by atoms with Crippen molar-refractivity contribution in [1.29, 1.82) is 0 Å². The fourth-order valence-electron chi connectivity index (χ4n) is 4.98. The molecule has 4 heterocycles. The number of aromatic nitrogens is 1. The summed E-state index contributed by atoms with van der Waals surface area (Å²) in [5.74, 6) is -1.54. The first-order valence-corrected chi connectivity index (χ1v) is 10.7. The Morgan fingerprint density at radius 1 is 1.03 bits per heavy atom. The summed E-state index contributed by atoms with van der Waals surface area (Å²) in [5, 5.41) is 7.25. The summed E-state index contributed by atoms with van der Waals surface area (Å²) in [4.78, 5) is 25.9. The Labute approximate surface area is 182 Å². The molecule has 2 N–H and O–H groups in total. The minimum absolute atomic E-state index is 0.138. The number of fused-ring (bicyclic) bond motifs is 2. The molecule has 1 fully saturated rings. The van der Waals surface area contributed by atoms with Gasteiger partial charge in [0.05, 0.1) is 17.4 Å². The van der Waals surface area contributed by atoms with Gasteiger partial charge in [0.1, 0.15) is 11.4 Å². The number of hydrogen-bond donors (Lipinski definition) is 2. The highest BCUT2D eigenvalue weighted by atomic mass is 19.1. The molecule has 0 bridgehead atoms. The third kappa shape index (κ3) is 2.81. The molecule has 0 saturated carbocycles. The van der Waals surface area contributed by atoms with Crippen molar-refractivity contribution in [2.45, 2.75) is 18.9 Å². The van der Waals surface area contributed by atoms with Crippen molar-refractivity contribution in [2.24, 2.45) is 0 Å². The van der Waals surface area contributed by atoms with Gasteiger partial charge in [0.25, 0.3) is 11.8 Å². The molecule has 2 amide bonds. The molecule has 0 spiro atoms. The summed E-state index contributed by atoms with van der Waals surface area (Å²) in [6.07, 6.45) is 5.50. The van der Waals surface area contributed by atoms with Gasteiger partial charge in [-0.2, -0.15) is 0 Å². The van der Waals surface area contributed by atoms with Crippen LogP contribution in [0.2, 0.25) is 0 Å². The lowest BCUT2D eigenvalue weighted by Gasteiger charge is -2.25. The highest BCUT2D eigenvalue weighted by Gasteiger charge is 2.36. The number of nitrogens with one attached hydrogen (secondary N) is 2. The first-order chi connectivity index (χ1) is 15.6. The molecule has 160 valence electrons. The molecule has 6 nitrogen and oxygen atoms in total. The zero-order valence-corrected chi connectivity index (χ0v) is 17.2. The molecule has 4 aromatic rings. The molecule has 0 radical (unpaired) electrons. The van der Waals surface area contributed by atoms with Crippen LogP contribution < -0.4 is 10.6 Å². The molecule has 32 heavy (non-hydrogen) atoms. The molecule has 2 aromatic carbocycles. The Hall–Kier alpha value is -3.71. The number of nitrogens with zero attached hydrogens (tertiary/aromatic N) is 1. The van der Waals surface area contributed by atoms with Crippen molar-refractivity contribution in [3.63, 3.8) is 0 Å². The van der Waals surface area contributed by atoms with E-state index in [1.165, 1.54) is 18.4 Å². The number of piperidine rings is 1. The summed E-state index contributed by atoms with van der Waals surface area (Å²) in [5.41, 5.74) is 2.70. The molecule has 2 aromatic heterocycles. The molecule has 0 aliphatic carbocycles. The highest BCUT2D eigenvalue weighted by molar-refractivity contribution is 6.50. The van der Waals surface area contributed by atoms with E-state index >= 15 is 0 Å². The second-order valence-corrected chi connectivity index (χ2v) is 8.29. The van der Waals surface area contributed by atoms with E-state index in [0.717, 1.165) is 36.8 Å². The minimum Gasteiger partial charge on any atom is -0.464 e. The molecule has 2 aliphatic rings. The molecule has 6 rings (SSSR count). The van der Waals surface area contributed by atoms with Crippen LogP contribution in [0.5, 0.6) is 0 Å². The Bertz CT molecular complexity index is 1440. The Balaban J connectivity index is 1.64. The van der Waals surface area contributed by atoms with Crippen LogP contribution >= 0.6 is 0 Å². The van der Waals surface area contributed by atoms with Gasteiger partial charge in [0, 0.05) is 46.2 Å². The molecular weight excluding hydrogens is 409 g/mol. The Kier molecular flexibility index (Phi) is 4.26. The van der Waals surface area contributed by atoms with Crippen molar-refractivity contribution < 1.29 is 18.4 Å². The third-order valence-electron chi connectivity index (χ3n) is 6.39. The Morgan fingerprint density at radius 3 is 2.66 bits per heavy atom. The van der Waals surface area contributed by atoms with Crippen molar-refractivity contribution in [2.75, 3.05) is 13.1 Å². The van der Waals surface area contributed by atoms with Crippen LogP contribution in [0.4, 0.5) is 4.39 Å². The van der Waals surface area contributed by atoms with Gasteiger partial charge >= 0.3 is 0 Å². The third-order valence-corrected chi connectivity index (χ3v) is 6.39. The van der Waals surface area contributed by atoms with Crippen LogP contribution in [0.15, 0.2) is 59.3 Å². The number of benzene rings is 2. The zero-order chi connectivity index (χ0) is 21.8. The first kappa shape index (κ1) is 19.0. The molecule has 1 unspecified atom stereocenters. The number of para-hydroxylation sites is 1. The van der Waals surface area contributed by atoms with E-state index in [2.05, 4.69) is 15.2 Å². The number of carbonyl (C=O) groups excluding carboxylic acids is 2. The maximum atomic E-state index is 14.4. The smallest absolute Gasteiger partial charge is 0.259 e. The SMILES string of the molecule is O=C1NC(=O)C(c2cc(F)cc3ccoc23)=C1c1cn(C2CCCNC2)c2ccccc12. The fraction of sp³-hybridized carbons (Fsp3) is 0.200. The highest BCUT2D eigenvalue weighted by Crippen LogP contribution is 2.39. The van der Waals surface area contributed by atoms with Crippen LogP contribution in [-0.4, -0.2) is 29.5 Å². The largest absolute Gasteiger partial charge is 0.464 e. The average Bonchev–Trinajstić information content (AvgIpc) is 3.49. The van der Waals surface area contributed by atoms with Crippen LogP contribution in [-0.2, 0) is 9.59 Å². The topological polar surface area (TPSA) is 76.3 Å². The van der Waals surface area contributed by atoms with Gasteiger partial charge < -0.3 is 14.3 Å². The molecular formula is C25H20FN3O3. The lowest BCUT2D eigenvalue weighted by molar-refractivity contribution is -0.122. The summed E-state index contributed by atoms with van der Waals surface area (Å²) in [6, 6.07) is 12.3. The summed E-state index contributed by atoms with van der Waals surface area (Å²) < 4.78 is 22.1. The van der Waals surface area contributed by atoms with Gasteiger partial charge in [0.2, 0.25) is 0 Å². The number of imide groups is 1. The number of furan rings is 1. The van der Waals surface area contributed by atoms with E-state index in [1.54, 1.807) is 6.07 Å². The minimum atomic E-state index is -0.551. The number of carbonyl (C=O) groups is 2. The van der Waals surface area contributed by atoms with E-state index in [1.807, 2.05) is 30.5 Å². The second-order valence-electron chi connectivity index (χ2n) is 8.29. The van der Waals surface area contributed by atoms with E-state index < -0.39 is 17.6 Å². The maximum absolute atomic E-state index is 14.4. The van der Waals surface area contributed by atoms with Crippen molar-refractivity contribution in [1.82, 2.24) is 15.2 Å². The summed E-state index contributed by atoms with van der Waals surface area (Å²) in [6.45, 7) is 1.83. The van der Waals surface area contributed by atoms with Gasteiger partial charge in [-0.25, -0.2) is 4.39 Å². The van der Waals surface area contributed by atoms with Gasteiger partial charge in [-0.15, -0.1) is 0 Å². The molecule has 2 aliphatic heterocycles. The van der Waals surface area contributed by atoms with Crippen molar-refractivity contribution in [3.05, 3.63) is 71.9 Å². The fourth-order valence-corrected chi connectivity index (χ4v) is 4.98. The van der Waals surface area contributed by atoms with Crippen LogP contribution in [0.3, 0.4) is 0 Å². The lowest BCUT2D eigenvalue weighted by atomic mass is 9.95. The van der Waals surface area contributed by atoms with Gasteiger partial charge in [0.15, 0.2) is 0 Å². The van der Waals surface area contributed by atoms with E-state index in [9.17, 15) is 14.0 Å². The van der Waals surface area contributed by atoms with E-state index in [0.29, 0.717) is 16.5 Å². The lowest BCUT2D eigenvalue weighted by Crippen LogP contribution is -2.31. The van der Waals surface area contributed by atoms with Crippen LogP contribution in [0, 0.1) is 5.82 Å². The average molecular weight is 429 g/mol. The number of rotatable bonds is 3. The van der Waals surface area contributed by atoms with Gasteiger partial charge in [-0.1, -0.05) is 18.2 Å². The standard InChI is InChI=1S/C25H20FN3O3/c26-15-10-14-7-9-32-23(14)18(11-15)21-22(25(31)28-24(21)30)19-13-29(16-4-3-8-27-12-16)20-6-2-1-5-17(19)20/h1-2,5-7,9-11,13,16,27H,3-4,8,12H2,(H,28,30,31). The molecule has 1 saturated heterocycles. The van der Waals surface area contributed by atoms with Gasteiger partial charge in [-0.05, 0) is 43.7 Å². The summed E-state index contributed by atoms with van der Waals surface area (Å²) in [7, 11) is 0. The summed E-state index contributed by atoms with van der Waals surface area (Å²) >= 11 is 0. The molecule has 1 atom stereocenters. The quantitative estimate of drug-likeness (QED) is 0.483. The van der Waals surface area contributed by atoms with Crippen molar-refractivity contribution in [3.8, 4) is 0 Å².